The van der Waals surface area contributed by atoms with Crippen molar-refractivity contribution in [1.82, 2.24) is 10.8 Å². The fraction of sp³-hybridized carbons (Fsp3) is 0.286. The van der Waals surface area contributed by atoms with Crippen LogP contribution in [0.4, 0.5) is 13.2 Å². The van der Waals surface area contributed by atoms with Crippen molar-refractivity contribution in [2.45, 2.75) is 25.2 Å². The van der Waals surface area contributed by atoms with Crippen LogP contribution in [0.1, 0.15) is 18.1 Å². The number of hydrogen-bond donors (Lipinski definition) is 4. The number of halogens is 3. The maximum absolute atomic E-state index is 12.4. The summed E-state index contributed by atoms with van der Waals surface area (Å²) in [4.78, 5) is 22.9. The number of aliphatic hydroxyl groups excluding tert-OH is 1. The molecule has 0 aliphatic rings. The Morgan fingerprint density at radius 1 is 1.22 bits per heavy atom. The normalized spacial score (nSPS) is 14.3. The zero-order valence-corrected chi connectivity index (χ0v) is 12.0. The van der Waals surface area contributed by atoms with Crippen LogP contribution in [0.2, 0.25) is 0 Å². The Hall–Kier alpha value is -2.39. The van der Waals surface area contributed by atoms with Gasteiger partial charge in [-0.05, 0) is 30.7 Å². The number of carbonyl (C=O) groups excluding carboxylic acids is 2. The van der Waals surface area contributed by atoms with E-state index in [4.69, 9.17) is 5.21 Å². The molecule has 0 unspecified atom stereocenters. The van der Waals surface area contributed by atoms with Gasteiger partial charge in [0.05, 0.1) is 11.7 Å². The Morgan fingerprint density at radius 3 is 2.22 bits per heavy atom. The third-order valence-corrected chi connectivity index (χ3v) is 2.84. The molecule has 0 saturated heterocycles. The van der Waals surface area contributed by atoms with Crippen molar-refractivity contribution < 1.29 is 33.1 Å². The molecule has 0 bridgehead atoms. The van der Waals surface area contributed by atoms with Gasteiger partial charge in [0.1, 0.15) is 6.04 Å². The zero-order chi connectivity index (χ0) is 17.6. The summed E-state index contributed by atoms with van der Waals surface area (Å²) in [6.07, 6.45) is -3.47. The summed E-state index contributed by atoms with van der Waals surface area (Å²) < 4.78 is 37.2. The maximum atomic E-state index is 12.4. The van der Waals surface area contributed by atoms with Crippen LogP contribution >= 0.6 is 0 Å². The minimum atomic E-state index is -4.44. The lowest BCUT2D eigenvalue weighted by atomic mass is 10.1. The highest BCUT2D eigenvalue weighted by Gasteiger charge is 2.29. The number of carbonyl (C=O) groups is 2. The van der Waals surface area contributed by atoms with Gasteiger partial charge in [-0.15, -0.1) is 0 Å². The van der Waals surface area contributed by atoms with Gasteiger partial charge in [-0.3, -0.25) is 14.8 Å². The first-order valence-electron chi connectivity index (χ1n) is 6.43. The molecule has 0 saturated carbocycles. The predicted molar refractivity (Wildman–Crippen MR) is 74.0 cm³/mol. The number of alkyl halides is 3. The van der Waals surface area contributed by atoms with Crippen molar-refractivity contribution in [1.29, 1.82) is 0 Å². The van der Waals surface area contributed by atoms with E-state index in [0.717, 1.165) is 18.2 Å². The van der Waals surface area contributed by atoms with E-state index in [0.29, 0.717) is 5.56 Å². The van der Waals surface area contributed by atoms with Crippen molar-refractivity contribution in [2.24, 2.45) is 0 Å². The number of aliphatic hydroxyl groups is 1. The van der Waals surface area contributed by atoms with Gasteiger partial charge in [0, 0.05) is 6.08 Å². The molecule has 0 heterocycles. The fourth-order valence-corrected chi connectivity index (χ4v) is 1.63. The lowest BCUT2D eigenvalue weighted by Gasteiger charge is -2.18. The van der Waals surface area contributed by atoms with Gasteiger partial charge in [0.25, 0.3) is 5.91 Å². The van der Waals surface area contributed by atoms with Crippen LogP contribution in [-0.4, -0.2) is 34.3 Å². The molecule has 0 spiro atoms. The summed E-state index contributed by atoms with van der Waals surface area (Å²) in [5, 5.41) is 20.0. The minimum absolute atomic E-state index is 0.341. The largest absolute Gasteiger partial charge is 0.416 e. The van der Waals surface area contributed by atoms with Crippen LogP contribution in [0.5, 0.6) is 0 Å². The highest BCUT2D eigenvalue weighted by molar-refractivity contribution is 5.95. The van der Waals surface area contributed by atoms with E-state index in [1.165, 1.54) is 30.6 Å². The lowest BCUT2D eigenvalue weighted by Crippen LogP contribution is -2.51. The number of hydroxylamine groups is 1. The quantitative estimate of drug-likeness (QED) is 0.368. The summed E-state index contributed by atoms with van der Waals surface area (Å²) in [5.74, 6) is -1.77. The molecule has 2 atom stereocenters. The first kappa shape index (κ1) is 18.7. The molecular weight excluding hydrogens is 317 g/mol. The molecule has 1 aromatic rings. The fourth-order valence-electron chi connectivity index (χ4n) is 1.63. The molecule has 9 heteroatoms. The van der Waals surface area contributed by atoms with Gasteiger partial charge in [-0.1, -0.05) is 12.1 Å². The van der Waals surface area contributed by atoms with Crippen LogP contribution in [-0.2, 0) is 15.8 Å². The summed E-state index contributed by atoms with van der Waals surface area (Å²) in [6, 6.07) is 2.73. The Bertz CT molecular complexity index is 583. The Labute approximate surface area is 129 Å². The summed E-state index contributed by atoms with van der Waals surface area (Å²) >= 11 is 0. The van der Waals surface area contributed by atoms with Crippen molar-refractivity contribution >= 4 is 17.9 Å². The number of rotatable bonds is 5. The summed E-state index contributed by atoms with van der Waals surface area (Å²) in [7, 11) is 0. The monoisotopic (exact) mass is 332 g/mol. The molecule has 0 aliphatic heterocycles. The average molecular weight is 332 g/mol. The number of benzene rings is 1. The topological polar surface area (TPSA) is 98.7 Å². The second-order valence-electron chi connectivity index (χ2n) is 4.66. The smallest absolute Gasteiger partial charge is 0.391 e. The van der Waals surface area contributed by atoms with Gasteiger partial charge in [-0.25, -0.2) is 5.48 Å². The van der Waals surface area contributed by atoms with Crippen LogP contribution in [0.25, 0.3) is 6.08 Å². The molecule has 4 N–H and O–H groups in total. The molecule has 126 valence electrons. The van der Waals surface area contributed by atoms with E-state index in [1.54, 1.807) is 0 Å². The number of amides is 2. The van der Waals surface area contributed by atoms with E-state index >= 15 is 0 Å². The molecule has 0 fully saturated rings. The van der Waals surface area contributed by atoms with Crippen molar-refractivity contribution in [3.8, 4) is 0 Å². The first-order chi connectivity index (χ1) is 10.6. The third kappa shape index (κ3) is 5.72. The predicted octanol–water partition coefficient (Wildman–Crippen LogP) is 1.09. The van der Waals surface area contributed by atoms with Gasteiger partial charge in [0.2, 0.25) is 5.91 Å². The SMILES string of the molecule is C[C@@H](O)[C@H](NC(=O)C=Cc1ccc(C(F)(F)F)cc1)C(=O)NO. The van der Waals surface area contributed by atoms with Gasteiger partial charge in [-0.2, -0.15) is 13.2 Å². The second-order valence-corrected chi connectivity index (χ2v) is 4.66. The molecule has 0 aliphatic carbocycles. The summed E-state index contributed by atoms with van der Waals surface area (Å²) in [5.41, 5.74) is 0.831. The molecule has 6 nitrogen and oxygen atoms in total. The van der Waals surface area contributed by atoms with Crippen LogP contribution in [0.15, 0.2) is 30.3 Å². The molecule has 2 amide bonds. The summed E-state index contributed by atoms with van der Waals surface area (Å²) in [6.45, 7) is 1.24. The van der Waals surface area contributed by atoms with Crippen LogP contribution < -0.4 is 10.8 Å². The Morgan fingerprint density at radius 2 is 1.78 bits per heavy atom. The standard InChI is InChI=1S/C14H15F3N2O4/c1-8(20)12(13(22)19-23)18-11(21)7-4-9-2-5-10(6-3-9)14(15,16)17/h2-8,12,20,23H,1H3,(H,18,21)(H,19,22)/t8-,12+/m1/s1. The maximum Gasteiger partial charge on any atom is 0.416 e. The second kappa shape index (κ2) is 7.75. The van der Waals surface area contributed by atoms with E-state index in [9.17, 15) is 27.9 Å². The van der Waals surface area contributed by atoms with E-state index in [1.807, 2.05) is 0 Å². The minimum Gasteiger partial charge on any atom is -0.391 e. The number of nitrogens with one attached hydrogen (secondary N) is 2. The van der Waals surface area contributed by atoms with E-state index < -0.39 is 35.7 Å². The van der Waals surface area contributed by atoms with Crippen molar-refractivity contribution in [2.75, 3.05) is 0 Å². The van der Waals surface area contributed by atoms with Gasteiger partial charge in [0.15, 0.2) is 0 Å². The zero-order valence-electron chi connectivity index (χ0n) is 12.0. The average Bonchev–Trinajstić information content (AvgIpc) is 2.49. The van der Waals surface area contributed by atoms with Gasteiger partial charge < -0.3 is 10.4 Å². The Balaban J connectivity index is 2.73. The molecule has 0 aromatic heterocycles. The van der Waals surface area contributed by atoms with Crippen molar-refractivity contribution in [3.05, 3.63) is 41.5 Å². The molecular formula is C14H15F3N2O4. The highest BCUT2D eigenvalue weighted by Crippen LogP contribution is 2.29. The number of hydrogen-bond acceptors (Lipinski definition) is 4. The lowest BCUT2D eigenvalue weighted by molar-refractivity contribution is -0.137. The van der Waals surface area contributed by atoms with E-state index in [2.05, 4.69) is 5.32 Å². The van der Waals surface area contributed by atoms with Gasteiger partial charge >= 0.3 is 6.18 Å². The molecule has 1 rings (SSSR count). The Kier molecular flexibility index (Phi) is 6.28. The van der Waals surface area contributed by atoms with Crippen LogP contribution in [0, 0.1) is 0 Å². The first-order valence-corrected chi connectivity index (χ1v) is 6.43. The molecule has 23 heavy (non-hydrogen) atoms. The molecule has 1 aromatic carbocycles. The van der Waals surface area contributed by atoms with Crippen molar-refractivity contribution in [3.63, 3.8) is 0 Å². The highest BCUT2D eigenvalue weighted by atomic mass is 19.4. The van der Waals surface area contributed by atoms with E-state index in [-0.39, 0.29) is 0 Å². The van der Waals surface area contributed by atoms with Crippen LogP contribution in [0.3, 0.4) is 0 Å². The molecule has 0 radical (unpaired) electrons. The third-order valence-electron chi connectivity index (χ3n) is 2.84.